The number of anilines is 1. The highest BCUT2D eigenvalue weighted by Gasteiger charge is 2.25. The number of nitrogens with zero attached hydrogens (tertiary/aromatic N) is 3. The van der Waals surface area contributed by atoms with Gasteiger partial charge < -0.3 is 15.0 Å². The van der Waals surface area contributed by atoms with Gasteiger partial charge in [0.05, 0.1) is 17.4 Å². The van der Waals surface area contributed by atoms with Crippen molar-refractivity contribution < 1.29 is 14.3 Å². The molecule has 0 aromatic carbocycles. The van der Waals surface area contributed by atoms with Gasteiger partial charge in [0.2, 0.25) is 11.8 Å². The van der Waals surface area contributed by atoms with Gasteiger partial charge in [0.1, 0.15) is 6.10 Å². The second-order valence-electron chi connectivity index (χ2n) is 6.14. The standard InChI is InChI=1S/C19H22N4O3/c1-2-17(24)22-15-5-6-18(21-13-15)26-16-7-10-23(11-8-16)19(25)14-4-3-9-20-12-14/h3-6,9,12-13,16H,2,7-8,10-11H2,1H3,(H,22,24). The lowest BCUT2D eigenvalue weighted by Gasteiger charge is -2.31. The monoisotopic (exact) mass is 354 g/mol. The molecule has 0 saturated carbocycles. The summed E-state index contributed by atoms with van der Waals surface area (Å²) in [5.74, 6) is 0.480. The maximum atomic E-state index is 12.4. The summed E-state index contributed by atoms with van der Waals surface area (Å²) >= 11 is 0. The molecular formula is C19H22N4O3. The summed E-state index contributed by atoms with van der Waals surface area (Å²) < 4.78 is 5.90. The Labute approximate surface area is 152 Å². The van der Waals surface area contributed by atoms with Crippen LogP contribution >= 0.6 is 0 Å². The number of nitrogens with one attached hydrogen (secondary N) is 1. The predicted molar refractivity (Wildman–Crippen MR) is 96.9 cm³/mol. The van der Waals surface area contributed by atoms with Gasteiger partial charge in [0.25, 0.3) is 5.91 Å². The number of hydrogen-bond acceptors (Lipinski definition) is 5. The first-order chi connectivity index (χ1) is 12.7. The van der Waals surface area contributed by atoms with E-state index in [0.29, 0.717) is 36.6 Å². The van der Waals surface area contributed by atoms with Crippen LogP contribution in [0.5, 0.6) is 5.88 Å². The molecule has 0 unspecified atom stereocenters. The molecule has 1 N–H and O–H groups in total. The molecule has 0 bridgehead atoms. The summed E-state index contributed by atoms with van der Waals surface area (Å²) in [6.45, 7) is 3.08. The first-order valence-electron chi connectivity index (χ1n) is 8.77. The molecule has 26 heavy (non-hydrogen) atoms. The van der Waals surface area contributed by atoms with Crippen molar-refractivity contribution in [3.05, 3.63) is 48.4 Å². The molecule has 7 heteroatoms. The Bertz CT molecular complexity index is 741. The van der Waals surface area contributed by atoms with E-state index in [-0.39, 0.29) is 17.9 Å². The summed E-state index contributed by atoms with van der Waals surface area (Å²) in [5.41, 5.74) is 1.26. The van der Waals surface area contributed by atoms with Crippen molar-refractivity contribution >= 4 is 17.5 Å². The number of ether oxygens (including phenoxy) is 1. The van der Waals surface area contributed by atoms with Crippen molar-refractivity contribution in [2.75, 3.05) is 18.4 Å². The van der Waals surface area contributed by atoms with Crippen molar-refractivity contribution in [2.24, 2.45) is 0 Å². The molecule has 2 amide bonds. The molecule has 0 spiro atoms. The summed E-state index contributed by atoms with van der Waals surface area (Å²) in [7, 11) is 0. The molecule has 7 nitrogen and oxygen atoms in total. The third kappa shape index (κ3) is 4.56. The number of hydrogen-bond donors (Lipinski definition) is 1. The molecule has 3 rings (SSSR count). The molecule has 1 aliphatic rings. The lowest BCUT2D eigenvalue weighted by molar-refractivity contribution is -0.115. The van der Waals surface area contributed by atoms with Crippen LogP contribution in [0.3, 0.4) is 0 Å². The Morgan fingerprint density at radius 1 is 1.23 bits per heavy atom. The fraction of sp³-hybridized carbons (Fsp3) is 0.368. The van der Waals surface area contributed by atoms with Crippen LogP contribution in [0.1, 0.15) is 36.5 Å². The van der Waals surface area contributed by atoms with Gasteiger partial charge in [-0.15, -0.1) is 0 Å². The molecule has 0 radical (unpaired) electrons. The highest BCUT2D eigenvalue weighted by molar-refractivity contribution is 5.94. The molecule has 2 aromatic heterocycles. The van der Waals surface area contributed by atoms with Crippen molar-refractivity contribution in [3.8, 4) is 5.88 Å². The maximum Gasteiger partial charge on any atom is 0.255 e. The van der Waals surface area contributed by atoms with Crippen LogP contribution in [0.25, 0.3) is 0 Å². The quantitative estimate of drug-likeness (QED) is 0.892. The van der Waals surface area contributed by atoms with Gasteiger partial charge in [-0.25, -0.2) is 4.98 Å². The predicted octanol–water partition coefficient (Wildman–Crippen LogP) is 2.51. The van der Waals surface area contributed by atoms with E-state index in [4.69, 9.17) is 4.74 Å². The molecule has 0 aliphatic carbocycles. The largest absolute Gasteiger partial charge is 0.474 e. The minimum Gasteiger partial charge on any atom is -0.474 e. The van der Waals surface area contributed by atoms with E-state index in [1.165, 1.54) is 0 Å². The van der Waals surface area contributed by atoms with Gasteiger partial charge >= 0.3 is 0 Å². The van der Waals surface area contributed by atoms with Crippen LogP contribution in [0.4, 0.5) is 5.69 Å². The van der Waals surface area contributed by atoms with Crippen LogP contribution in [0.2, 0.25) is 0 Å². The average Bonchev–Trinajstić information content (AvgIpc) is 2.70. The Kier molecular flexibility index (Phi) is 5.78. The van der Waals surface area contributed by atoms with Crippen LogP contribution in [-0.4, -0.2) is 45.9 Å². The first-order valence-corrected chi connectivity index (χ1v) is 8.77. The molecule has 1 aliphatic heterocycles. The molecule has 0 atom stereocenters. The van der Waals surface area contributed by atoms with E-state index in [0.717, 1.165) is 12.8 Å². The van der Waals surface area contributed by atoms with Gasteiger partial charge in [-0.3, -0.25) is 14.6 Å². The van der Waals surface area contributed by atoms with Crippen LogP contribution in [0, 0.1) is 0 Å². The van der Waals surface area contributed by atoms with Crippen molar-refractivity contribution in [1.29, 1.82) is 0 Å². The molecule has 1 fully saturated rings. The SMILES string of the molecule is CCC(=O)Nc1ccc(OC2CCN(C(=O)c3cccnc3)CC2)nc1. The summed E-state index contributed by atoms with van der Waals surface area (Å²) in [6.07, 6.45) is 6.79. The highest BCUT2D eigenvalue weighted by Crippen LogP contribution is 2.20. The van der Waals surface area contributed by atoms with Gasteiger partial charge in [0.15, 0.2) is 0 Å². The number of rotatable bonds is 5. The van der Waals surface area contributed by atoms with E-state index >= 15 is 0 Å². The number of pyridine rings is 2. The first kappa shape index (κ1) is 17.8. The smallest absolute Gasteiger partial charge is 0.255 e. The van der Waals surface area contributed by atoms with Gasteiger partial charge in [-0.2, -0.15) is 0 Å². The highest BCUT2D eigenvalue weighted by atomic mass is 16.5. The third-order valence-electron chi connectivity index (χ3n) is 4.27. The molecule has 1 saturated heterocycles. The summed E-state index contributed by atoms with van der Waals surface area (Å²) in [6, 6.07) is 7.07. The number of carbonyl (C=O) groups excluding carboxylic acids is 2. The van der Waals surface area contributed by atoms with E-state index in [1.54, 1.807) is 49.8 Å². The zero-order valence-corrected chi connectivity index (χ0v) is 14.7. The van der Waals surface area contributed by atoms with Gasteiger partial charge in [-0.1, -0.05) is 6.92 Å². The van der Waals surface area contributed by atoms with Gasteiger partial charge in [-0.05, 0) is 18.2 Å². The minimum atomic E-state index is -0.0499. The van der Waals surface area contributed by atoms with Crippen molar-refractivity contribution in [1.82, 2.24) is 14.9 Å². The number of carbonyl (C=O) groups is 2. The molecule has 3 heterocycles. The normalized spacial score (nSPS) is 14.7. The van der Waals surface area contributed by atoms with Crippen molar-refractivity contribution in [2.45, 2.75) is 32.3 Å². The minimum absolute atomic E-state index is 0.00527. The lowest BCUT2D eigenvalue weighted by Crippen LogP contribution is -2.41. The number of amides is 2. The van der Waals surface area contributed by atoms with Crippen LogP contribution < -0.4 is 10.1 Å². The van der Waals surface area contributed by atoms with Crippen LogP contribution in [-0.2, 0) is 4.79 Å². The summed E-state index contributed by atoms with van der Waals surface area (Å²) in [4.78, 5) is 33.8. The fourth-order valence-electron chi connectivity index (χ4n) is 2.79. The molecule has 136 valence electrons. The third-order valence-corrected chi connectivity index (χ3v) is 4.27. The fourth-order valence-corrected chi connectivity index (χ4v) is 2.79. The van der Waals surface area contributed by atoms with E-state index in [2.05, 4.69) is 15.3 Å². The Balaban J connectivity index is 1.49. The number of likely N-dealkylation sites (tertiary alicyclic amines) is 1. The van der Waals surface area contributed by atoms with Crippen LogP contribution in [0.15, 0.2) is 42.9 Å². The lowest BCUT2D eigenvalue weighted by atomic mass is 10.1. The van der Waals surface area contributed by atoms with E-state index in [1.807, 2.05) is 4.90 Å². The zero-order chi connectivity index (χ0) is 18.4. The second kappa shape index (κ2) is 8.42. The van der Waals surface area contributed by atoms with Crippen molar-refractivity contribution in [3.63, 3.8) is 0 Å². The molecular weight excluding hydrogens is 332 g/mol. The number of piperidine rings is 1. The topological polar surface area (TPSA) is 84.4 Å². The Morgan fingerprint density at radius 3 is 2.65 bits per heavy atom. The molecule has 2 aromatic rings. The second-order valence-corrected chi connectivity index (χ2v) is 6.14. The Hall–Kier alpha value is -2.96. The number of aromatic nitrogens is 2. The average molecular weight is 354 g/mol. The zero-order valence-electron chi connectivity index (χ0n) is 14.7. The van der Waals surface area contributed by atoms with E-state index < -0.39 is 0 Å². The van der Waals surface area contributed by atoms with E-state index in [9.17, 15) is 9.59 Å². The van der Waals surface area contributed by atoms with Gasteiger partial charge in [0, 0.05) is 50.8 Å². The maximum absolute atomic E-state index is 12.4. The summed E-state index contributed by atoms with van der Waals surface area (Å²) in [5, 5.41) is 2.75. The Morgan fingerprint density at radius 2 is 2.04 bits per heavy atom.